The molecule has 6 heteroatoms. The van der Waals surface area contributed by atoms with Gasteiger partial charge in [-0.25, -0.2) is 4.68 Å². The molecular formula is C20H27N5O. The van der Waals surface area contributed by atoms with Crippen LogP contribution in [0.25, 0.3) is 5.69 Å². The zero-order chi connectivity index (χ0) is 18.7. The summed E-state index contributed by atoms with van der Waals surface area (Å²) in [6.07, 6.45) is 3.77. The van der Waals surface area contributed by atoms with Crippen molar-refractivity contribution < 1.29 is 4.74 Å². The first-order valence-electron chi connectivity index (χ1n) is 8.91. The van der Waals surface area contributed by atoms with Crippen LogP contribution in [0.5, 0.6) is 5.75 Å². The molecular weight excluding hydrogens is 326 g/mol. The minimum atomic E-state index is 0.816. The molecule has 0 aliphatic carbocycles. The molecule has 0 spiro atoms. The van der Waals surface area contributed by atoms with Crippen LogP contribution in [0.1, 0.15) is 29.4 Å². The molecule has 0 aliphatic heterocycles. The van der Waals surface area contributed by atoms with Gasteiger partial charge in [0.25, 0.3) is 0 Å². The second-order valence-corrected chi connectivity index (χ2v) is 6.52. The van der Waals surface area contributed by atoms with Crippen molar-refractivity contribution in [3.05, 3.63) is 59.2 Å². The minimum absolute atomic E-state index is 0.816. The summed E-state index contributed by atoms with van der Waals surface area (Å²) < 4.78 is 9.30. The fourth-order valence-electron chi connectivity index (χ4n) is 3.24. The maximum atomic E-state index is 5.44. The Morgan fingerprint density at radius 1 is 1.19 bits per heavy atom. The van der Waals surface area contributed by atoms with Gasteiger partial charge in [-0.2, -0.15) is 10.2 Å². The summed E-state index contributed by atoms with van der Waals surface area (Å²) in [6, 6.07) is 8.08. The van der Waals surface area contributed by atoms with Gasteiger partial charge >= 0.3 is 0 Å². The SMILES string of the molecule is CCN(Cc1cc(OC)ccc1-n1cccn1)Cc1c(C)nn(C)c1C. The van der Waals surface area contributed by atoms with Crippen molar-refractivity contribution >= 4 is 0 Å². The quantitative estimate of drug-likeness (QED) is 0.654. The number of hydrogen-bond donors (Lipinski definition) is 0. The molecule has 1 aromatic carbocycles. The molecule has 0 amide bonds. The molecule has 2 aromatic heterocycles. The number of nitrogens with zero attached hydrogens (tertiary/aromatic N) is 5. The molecule has 0 saturated carbocycles. The number of aryl methyl sites for hydroxylation is 2. The number of methoxy groups -OCH3 is 1. The monoisotopic (exact) mass is 353 g/mol. The fraction of sp³-hybridized carbons (Fsp3) is 0.400. The highest BCUT2D eigenvalue weighted by Crippen LogP contribution is 2.24. The van der Waals surface area contributed by atoms with E-state index in [-0.39, 0.29) is 0 Å². The molecule has 0 unspecified atom stereocenters. The van der Waals surface area contributed by atoms with Crippen molar-refractivity contribution in [1.29, 1.82) is 0 Å². The van der Waals surface area contributed by atoms with Gasteiger partial charge in [0.2, 0.25) is 0 Å². The van der Waals surface area contributed by atoms with Crippen molar-refractivity contribution in [2.45, 2.75) is 33.9 Å². The number of hydrogen-bond acceptors (Lipinski definition) is 4. The fourth-order valence-corrected chi connectivity index (χ4v) is 3.24. The summed E-state index contributed by atoms with van der Waals surface area (Å²) in [4.78, 5) is 2.42. The Balaban J connectivity index is 1.90. The molecule has 3 rings (SSSR count). The Morgan fingerprint density at radius 3 is 2.58 bits per heavy atom. The highest BCUT2D eigenvalue weighted by molar-refractivity contribution is 5.45. The molecule has 6 nitrogen and oxygen atoms in total. The Morgan fingerprint density at radius 2 is 2.00 bits per heavy atom. The third kappa shape index (κ3) is 3.65. The van der Waals surface area contributed by atoms with Crippen LogP contribution in [0.15, 0.2) is 36.7 Å². The van der Waals surface area contributed by atoms with Crippen LogP contribution < -0.4 is 4.74 Å². The van der Waals surface area contributed by atoms with Crippen molar-refractivity contribution in [3.8, 4) is 11.4 Å². The topological polar surface area (TPSA) is 48.1 Å². The van der Waals surface area contributed by atoms with Crippen molar-refractivity contribution in [2.75, 3.05) is 13.7 Å². The maximum absolute atomic E-state index is 5.44. The standard InChI is InChI=1S/C20H27N5O/c1-6-24(14-19-15(2)22-23(4)16(19)3)13-17-12-18(26-5)8-9-20(17)25-11-7-10-21-25/h7-12H,6,13-14H2,1-5H3. The Hall–Kier alpha value is -2.60. The van der Waals surface area contributed by atoms with E-state index >= 15 is 0 Å². The van der Waals surface area contributed by atoms with E-state index in [0.29, 0.717) is 0 Å². The number of benzene rings is 1. The smallest absolute Gasteiger partial charge is 0.119 e. The molecule has 26 heavy (non-hydrogen) atoms. The highest BCUT2D eigenvalue weighted by atomic mass is 16.5. The van der Waals surface area contributed by atoms with Crippen LogP contribution >= 0.6 is 0 Å². The molecule has 0 saturated heterocycles. The summed E-state index contributed by atoms with van der Waals surface area (Å²) in [5.74, 6) is 0.862. The first kappa shape index (κ1) is 18.2. The van der Waals surface area contributed by atoms with E-state index in [0.717, 1.165) is 36.8 Å². The van der Waals surface area contributed by atoms with Gasteiger partial charge < -0.3 is 4.74 Å². The summed E-state index contributed by atoms with van der Waals surface area (Å²) in [6.45, 7) is 9.04. The van der Waals surface area contributed by atoms with E-state index < -0.39 is 0 Å². The van der Waals surface area contributed by atoms with E-state index in [1.54, 1.807) is 13.3 Å². The van der Waals surface area contributed by atoms with Crippen LogP contribution in [-0.4, -0.2) is 38.1 Å². The Bertz CT molecular complexity index is 867. The third-order valence-electron chi connectivity index (χ3n) is 4.92. The summed E-state index contributed by atoms with van der Waals surface area (Å²) in [5.41, 5.74) is 5.89. The molecule has 0 fully saturated rings. The molecule has 0 aliphatic rings. The zero-order valence-electron chi connectivity index (χ0n) is 16.2. The maximum Gasteiger partial charge on any atom is 0.119 e. The summed E-state index contributed by atoms with van der Waals surface area (Å²) >= 11 is 0. The minimum Gasteiger partial charge on any atom is -0.497 e. The Kier molecular flexibility index (Phi) is 5.42. The third-order valence-corrected chi connectivity index (χ3v) is 4.92. The first-order chi connectivity index (χ1) is 12.5. The molecule has 0 radical (unpaired) electrons. The van der Waals surface area contributed by atoms with Gasteiger partial charge in [0.05, 0.1) is 18.5 Å². The Labute approximate surface area is 155 Å². The lowest BCUT2D eigenvalue weighted by Crippen LogP contribution is -2.24. The van der Waals surface area contributed by atoms with Crippen molar-refractivity contribution in [3.63, 3.8) is 0 Å². The molecule has 138 valence electrons. The zero-order valence-corrected chi connectivity index (χ0v) is 16.2. The molecule has 3 aromatic rings. The van der Waals surface area contributed by atoms with E-state index in [9.17, 15) is 0 Å². The van der Waals surface area contributed by atoms with Crippen molar-refractivity contribution in [2.24, 2.45) is 7.05 Å². The molecule has 0 atom stereocenters. The highest BCUT2D eigenvalue weighted by Gasteiger charge is 2.16. The average Bonchev–Trinajstić information content (AvgIpc) is 3.25. The van der Waals surface area contributed by atoms with Gasteiger partial charge in [0.1, 0.15) is 5.75 Å². The second kappa shape index (κ2) is 7.74. The van der Waals surface area contributed by atoms with E-state index in [2.05, 4.69) is 48.0 Å². The van der Waals surface area contributed by atoms with Crippen LogP contribution in [0.4, 0.5) is 0 Å². The summed E-state index contributed by atoms with van der Waals surface area (Å²) in [5, 5.41) is 8.94. The largest absolute Gasteiger partial charge is 0.497 e. The molecule has 0 N–H and O–H groups in total. The van der Waals surface area contributed by atoms with Gasteiger partial charge in [-0.05, 0) is 50.2 Å². The van der Waals surface area contributed by atoms with Gasteiger partial charge in [-0.15, -0.1) is 0 Å². The van der Waals surface area contributed by atoms with E-state index in [4.69, 9.17) is 4.74 Å². The lowest BCUT2D eigenvalue weighted by molar-refractivity contribution is 0.269. The lowest BCUT2D eigenvalue weighted by atomic mass is 10.1. The molecule has 2 heterocycles. The van der Waals surface area contributed by atoms with Gasteiger partial charge in [-0.3, -0.25) is 9.58 Å². The van der Waals surface area contributed by atoms with Gasteiger partial charge in [0.15, 0.2) is 0 Å². The van der Waals surface area contributed by atoms with Gasteiger partial charge in [0, 0.05) is 43.8 Å². The van der Waals surface area contributed by atoms with Crippen LogP contribution in [0.3, 0.4) is 0 Å². The number of aromatic nitrogens is 4. The average molecular weight is 353 g/mol. The van der Waals surface area contributed by atoms with Crippen LogP contribution in [-0.2, 0) is 20.1 Å². The van der Waals surface area contributed by atoms with Crippen molar-refractivity contribution in [1.82, 2.24) is 24.5 Å². The lowest BCUT2D eigenvalue weighted by Gasteiger charge is -2.23. The summed E-state index contributed by atoms with van der Waals surface area (Å²) in [7, 11) is 3.70. The van der Waals surface area contributed by atoms with Crippen LogP contribution in [0, 0.1) is 13.8 Å². The first-order valence-corrected chi connectivity index (χ1v) is 8.91. The number of ether oxygens (including phenoxy) is 1. The normalized spacial score (nSPS) is 11.3. The van der Waals surface area contributed by atoms with E-state index in [1.807, 2.05) is 34.7 Å². The van der Waals surface area contributed by atoms with Crippen LogP contribution in [0.2, 0.25) is 0 Å². The molecule has 0 bridgehead atoms. The number of rotatable bonds is 7. The van der Waals surface area contributed by atoms with E-state index in [1.165, 1.54) is 16.8 Å². The predicted molar refractivity (Wildman–Crippen MR) is 103 cm³/mol. The second-order valence-electron chi connectivity index (χ2n) is 6.52. The van der Waals surface area contributed by atoms with Gasteiger partial charge in [-0.1, -0.05) is 6.92 Å². The predicted octanol–water partition coefficient (Wildman–Crippen LogP) is 3.25.